The third-order valence-corrected chi connectivity index (χ3v) is 3.12. The number of benzene rings is 1. The van der Waals surface area contributed by atoms with E-state index < -0.39 is 0 Å². The molecule has 0 unspecified atom stereocenters. The van der Waals surface area contributed by atoms with E-state index in [0.29, 0.717) is 11.9 Å². The van der Waals surface area contributed by atoms with Crippen LogP contribution in [0.1, 0.15) is 11.4 Å². The molecule has 0 spiro atoms. The Labute approximate surface area is 114 Å². The van der Waals surface area contributed by atoms with Crippen LogP contribution in [0.4, 0.5) is 5.69 Å². The molecule has 1 aromatic carbocycles. The van der Waals surface area contributed by atoms with Crippen LogP contribution in [0.15, 0.2) is 42.6 Å². The number of non-ortho nitro benzene ring substituents is 1. The van der Waals surface area contributed by atoms with E-state index in [1.165, 1.54) is 12.3 Å². The molecule has 0 atom stereocenters. The van der Waals surface area contributed by atoms with Gasteiger partial charge in [0.1, 0.15) is 0 Å². The lowest BCUT2D eigenvalue weighted by atomic mass is 10.2. The summed E-state index contributed by atoms with van der Waals surface area (Å²) < 4.78 is 1.73. The number of fused-ring (bicyclic) bond motifs is 1. The third kappa shape index (κ3) is 2.11. The van der Waals surface area contributed by atoms with Crippen LogP contribution in [0.5, 0.6) is 0 Å². The van der Waals surface area contributed by atoms with Crippen LogP contribution < -0.4 is 0 Å². The van der Waals surface area contributed by atoms with Gasteiger partial charge >= 0.3 is 0 Å². The average Bonchev–Trinajstić information content (AvgIpc) is 2.82. The predicted molar refractivity (Wildman–Crippen MR) is 74.5 cm³/mol. The number of aromatic nitrogens is 3. The van der Waals surface area contributed by atoms with Crippen molar-refractivity contribution >= 4 is 16.6 Å². The second kappa shape index (κ2) is 4.73. The fourth-order valence-electron chi connectivity index (χ4n) is 2.21. The molecule has 3 rings (SSSR count). The van der Waals surface area contributed by atoms with Gasteiger partial charge in [-0.15, -0.1) is 0 Å². The lowest BCUT2D eigenvalue weighted by Crippen LogP contribution is -2.03. The Hall–Kier alpha value is -2.76. The van der Waals surface area contributed by atoms with E-state index in [1.807, 2.05) is 31.2 Å². The van der Waals surface area contributed by atoms with Gasteiger partial charge in [0, 0.05) is 11.8 Å². The first-order valence-corrected chi connectivity index (χ1v) is 6.16. The van der Waals surface area contributed by atoms with Crippen molar-refractivity contribution in [1.29, 1.82) is 0 Å². The van der Waals surface area contributed by atoms with E-state index in [-0.39, 0.29) is 10.6 Å². The second-order valence-electron chi connectivity index (χ2n) is 4.54. The van der Waals surface area contributed by atoms with E-state index in [4.69, 9.17) is 0 Å². The summed E-state index contributed by atoms with van der Waals surface area (Å²) in [6.45, 7) is 2.42. The summed E-state index contributed by atoms with van der Waals surface area (Å²) in [5.41, 5.74) is 2.62. The highest BCUT2D eigenvalue weighted by atomic mass is 16.6. The van der Waals surface area contributed by atoms with Crippen LogP contribution in [0, 0.1) is 17.0 Å². The van der Waals surface area contributed by atoms with E-state index in [0.717, 1.165) is 16.9 Å². The van der Waals surface area contributed by atoms with Gasteiger partial charge in [-0.1, -0.05) is 12.1 Å². The Morgan fingerprint density at radius 1 is 1.25 bits per heavy atom. The average molecular weight is 268 g/mol. The Morgan fingerprint density at radius 3 is 2.80 bits per heavy atom. The molecule has 20 heavy (non-hydrogen) atoms. The molecule has 0 aliphatic carbocycles. The van der Waals surface area contributed by atoms with Crippen LogP contribution in [0.25, 0.3) is 10.9 Å². The SMILES string of the molecule is Cc1cccc(Cn2ncc3c([N+](=O)[O-])cccc32)n1. The molecule has 0 fully saturated rings. The Kier molecular flexibility index (Phi) is 2.90. The molecule has 0 aliphatic rings. The van der Waals surface area contributed by atoms with Gasteiger partial charge in [0.25, 0.3) is 5.69 Å². The topological polar surface area (TPSA) is 73.8 Å². The molecule has 0 saturated heterocycles. The summed E-state index contributed by atoms with van der Waals surface area (Å²) in [7, 11) is 0. The maximum atomic E-state index is 11.0. The highest BCUT2D eigenvalue weighted by molar-refractivity contribution is 5.87. The number of nitro groups is 1. The number of aryl methyl sites for hydroxylation is 1. The minimum absolute atomic E-state index is 0.0750. The Bertz CT molecular complexity index is 795. The van der Waals surface area contributed by atoms with Gasteiger partial charge in [-0.3, -0.25) is 19.8 Å². The molecule has 0 aliphatic heterocycles. The van der Waals surface area contributed by atoms with Crippen molar-refractivity contribution in [3.8, 4) is 0 Å². The summed E-state index contributed by atoms with van der Waals surface area (Å²) in [5.74, 6) is 0. The molecule has 0 radical (unpaired) electrons. The first-order valence-electron chi connectivity index (χ1n) is 6.16. The monoisotopic (exact) mass is 268 g/mol. The Morgan fingerprint density at radius 2 is 2.05 bits per heavy atom. The number of hydrogen-bond donors (Lipinski definition) is 0. The van der Waals surface area contributed by atoms with Crippen LogP contribution >= 0.6 is 0 Å². The largest absolute Gasteiger partial charge is 0.280 e. The molecule has 2 heterocycles. The molecule has 100 valence electrons. The highest BCUT2D eigenvalue weighted by Crippen LogP contribution is 2.25. The minimum atomic E-state index is -0.390. The lowest BCUT2D eigenvalue weighted by Gasteiger charge is -2.04. The number of nitrogens with zero attached hydrogens (tertiary/aromatic N) is 4. The van der Waals surface area contributed by atoms with Crippen molar-refractivity contribution in [3.63, 3.8) is 0 Å². The summed E-state index contributed by atoms with van der Waals surface area (Å²) in [6.07, 6.45) is 1.53. The first kappa shape index (κ1) is 12.3. The van der Waals surface area contributed by atoms with Gasteiger partial charge in [0.05, 0.1) is 34.3 Å². The molecule has 0 amide bonds. The third-order valence-electron chi connectivity index (χ3n) is 3.12. The predicted octanol–water partition coefficient (Wildman–Crippen LogP) is 2.70. The Balaban J connectivity index is 2.05. The number of nitro benzene ring substituents is 1. The van der Waals surface area contributed by atoms with Crippen molar-refractivity contribution in [2.24, 2.45) is 0 Å². The molecule has 2 aromatic heterocycles. The van der Waals surface area contributed by atoms with Gasteiger partial charge in [0.15, 0.2) is 0 Å². The van der Waals surface area contributed by atoms with Gasteiger partial charge in [-0.05, 0) is 25.1 Å². The first-order chi connectivity index (χ1) is 9.65. The van der Waals surface area contributed by atoms with Crippen LogP contribution in [-0.2, 0) is 6.54 Å². The number of pyridine rings is 1. The molecule has 3 aromatic rings. The molecule has 0 saturated carbocycles. The van der Waals surface area contributed by atoms with Gasteiger partial charge < -0.3 is 0 Å². The molecule has 6 heteroatoms. The van der Waals surface area contributed by atoms with Crippen molar-refractivity contribution < 1.29 is 4.92 Å². The molecule has 0 bridgehead atoms. The second-order valence-corrected chi connectivity index (χ2v) is 4.54. The van der Waals surface area contributed by atoms with Crippen LogP contribution in [-0.4, -0.2) is 19.7 Å². The number of hydrogen-bond acceptors (Lipinski definition) is 4. The standard InChI is InChI=1S/C14H12N4O2/c1-10-4-2-5-11(16-10)9-17-13-6-3-7-14(18(19)20)12(13)8-15-17/h2-8H,9H2,1H3. The minimum Gasteiger partial charge on any atom is -0.259 e. The van der Waals surface area contributed by atoms with Crippen molar-refractivity contribution in [3.05, 3.63) is 64.1 Å². The van der Waals surface area contributed by atoms with E-state index in [9.17, 15) is 10.1 Å². The molecule has 6 nitrogen and oxygen atoms in total. The van der Waals surface area contributed by atoms with Gasteiger partial charge in [0.2, 0.25) is 0 Å². The van der Waals surface area contributed by atoms with Gasteiger partial charge in [-0.2, -0.15) is 5.10 Å². The smallest absolute Gasteiger partial charge is 0.259 e. The lowest BCUT2D eigenvalue weighted by molar-refractivity contribution is -0.383. The van der Waals surface area contributed by atoms with Crippen molar-refractivity contribution in [2.45, 2.75) is 13.5 Å². The quantitative estimate of drug-likeness (QED) is 0.540. The van der Waals surface area contributed by atoms with E-state index >= 15 is 0 Å². The summed E-state index contributed by atoms with van der Waals surface area (Å²) in [5, 5.41) is 15.8. The molecule has 0 N–H and O–H groups in total. The maximum absolute atomic E-state index is 11.0. The zero-order chi connectivity index (χ0) is 14.1. The van der Waals surface area contributed by atoms with Crippen LogP contribution in [0.2, 0.25) is 0 Å². The van der Waals surface area contributed by atoms with Crippen molar-refractivity contribution in [2.75, 3.05) is 0 Å². The van der Waals surface area contributed by atoms with E-state index in [2.05, 4.69) is 10.1 Å². The summed E-state index contributed by atoms with van der Waals surface area (Å²) >= 11 is 0. The zero-order valence-corrected chi connectivity index (χ0v) is 10.9. The fourth-order valence-corrected chi connectivity index (χ4v) is 2.21. The summed E-state index contributed by atoms with van der Waals surface area (Å²) in [4.78, 5) is 15.0. The fraction of sp³-hybridized carbons (Fsp3) is 0.143. The summed E-state index contributed by atoms with van der Waals surface area (Å²) in [6, 6.07) is 10.8. The number of rotatable bonds is 3. The normalized spacial score (nSPS) is 10.8. The molecular formula is C14H12N4O2. The van der Waals surface area contributed by atoms with Gasteiger partial charge in [-0.25, -0.2) is 0 Å². The van der Waals surface area contributed by atoms with Crippen LogP contribution in [0.3, 0.4) is 0 Å². The van der Waals surface area contributed by atoms with Crippen molar-refractivity contribution in [1.82, 2.24) is 14.8 Å². The molecular weight excluding hydrogens is 256 g/mol. The maximum Gasteiger partial charge on any atom is 0.280 e. The zero-order valence-electron chi connectivity index (χ0n) is 10.9. The highest BCUT2D eigenvalue weighted by Gasteiger charge is 2.14. The van der Waals surface area contributed by atoms with E-state index in [1.54, 1.807) is 10.7 Å².